The number of thiazole rings is 1. The summed E-state index contributed by atoms with van der Waals surface area (Å²) in [5, 5.41) is 15.3. The quantitative estimate of drug-likeness (QED) is 0.0846. The Hall–Kier alpha value is -6.31. The first-order valence-corrected chi connectivity index (χ1v) is 20.4. The molecule has 61 heavy (non-hydrogen) atoms. The minimum absolute atomic E-state index is 0.0183. The van der Waals surface area contributed by atoms with E-state index in [0.717, 1.165) is 21.2 Å². The van der Waals surface area contributed by atoms with Gasteiger partial charge in [-0.3, -0.25) is 34.2 Å². The van der Waals surface area contributed by atoms with E-state index in [4.69, 9.17) is 15.5 Å². The number of hydrogen-bond donors (Lipinski definition) is 4. The third kappa shape index (κ3) is 8.40. The number of carbonyl (C=O) groups excluding carboxylic acids is 5. The largest absolute Gasteiger partial charge is 0.471 e. The minimum Gasteiger partial charge on any atom is -0.382 e. The number of piperidine rings is 2. The zero-order valence-electron chi connectivity index (χ0n) is 32.4. The second-order valence-electron chi connectivity index (χ2n) is 15.1. The number of nitrogens with two attached hydrogens (primary N) is 1. The van der Waals surface area contributed by atoms with E-state index in [1.807, 2.05) is 35.7 Å². The number of nitrogens with one attached hydrogen (secondary N) is 3. The Kier molecular flexibility index (Phi) is 11.5. The molecule has 5 N–H and O–H groups in total. The molecule has 3 aliphatic heterocycles. The number of alkyl halides is 3. The zero-order chi connectivity index (χ0) is 42.9. The van der Waals surface area contributed by atoms with E-state index in [9.17, 15) is 37.1 Å². The standard InChI is InChI=1S/C42H39F3N8O7S/c43-42(44,45)39-51-35(52-60-39)26-9-4-8-25(34(46)55)28(26)21-41(40-49-30(22-61-40)23-6-2-1-3-7-23)15-16-47-24(20-41)14-18-59-19-17-48-29-11-5-10-27-33(29)38(58)53(37(27)57)31-12-13-32(54)50-36(31)56/h1-11,22,24,31,47-48H,12-21H2,(H2,46,55)(H,50,54,56). The maximum absolute atomic E-state index is 13.5. The number of carbonyl (C=O) groups is 5. The predicted molar refractivity (Wildman–Crippen MR) is 214 cm³/mol. The number of fused-ring (bicyclic) bond motifs is 1. The van der Waals surface area contributed by atoms with E-state index in [1.54, 1.807) is 18.2 Å². The van der Waals surface area contributed by atoms with E-state index < -0.39 is 53.1 Å². The van der Waals surface area contributed by atoms with Crippen molar-refractivity contribution in [2.24, 2.45) is 5.73 Å². The molecule has 5 aromatic rings. The van der Waals surface area contributed by atoms with Crippen molar-refractivity contribution in [1.82, 2.24) is 30.7 Å². The van der Waals surface area contributed by atoms with Gasteiger partial charge in [-0.25, -0.2) is 4.98 Å². The van der Waals surface area contributed by atoms with Gasteiger partial charge < -0.3 is 25.6 Å². The fourth-order valence-electron chi connectivity index (χ4n) is 8.31. The summed E-state index contributed by atoms with van der Waals surface area (Å²) in [6.45, 7) is 1.43. The van der Waals surface area contributed by atoms with Gasteiger partial charge >= 0.3 is 12.1 Å². The number of benzene rings is 3. The highest BCUT2D eigenvalue weighted by Crippen LogP contribution is 2.44. The van der Waals surface area contributed by atoms with Crippen molar-refractivity contribution in [3.05, 3.63) is 105 Å². The number of primary amides is 1. The van der Waals surface area contributed by atoms with Crippen LogP contribution in [0.5, 0.6) is 0 Å². The van der Waals surface area contributed by atoms with Crippen LogP contribution >= 0.6 is 11.3 Å². The summed E-state index contributed by atoms with van der Waals surface area (Å²) in [6, 6.07) is 17.9. The third-order valence-corrected chi connectivity index (χ3v) is 12.3. The van der Waals surface area contributed by atoms with E-state index >= 15 is 0 Å². The molecule has 0 radical (unpaired) electrons. The number of ether oxygens (including phenoxy) is 1. The second kappa shape index (κ2) is 17.0. The van der Waals surface area contributed by atoms with Crippen molar-refractivity contribution in [1.29, 1.82) is 0 Å². The molecule has 316 valence electrons. The number of aromatic nitrogens is 3. The summed E-state index contributed by atoms with van der Waals surface area (Å²) in [4.78, 5) is 73.4. The molecule has 0 bridgehead atoms. The van der Waals surface area contributed by atoms with Gasteiger partial charge in [0.25, 0.3) is 11.8 Å². The molecule has 5 amide bonds. The number of amides is 5. The Bertz CT molecular complexity index is 2510. The topological polar surface area (TPSA) is 212 Å². The highest BCUT2D eigenvalue weighted by Gasteiger charge is 2.46. The third-order valence-electron chi connectivity index (χ3n) is 11.2. The molecule has 2 aromatic heterocycles. The molecule has 0 aliphatic carbocycles. The number of hydrogen-bond acceptors (Lipinski definition) is 13. The number of rotatable bonds is 14. The van der Waals surface area contributed by atoms with Crippen molar-refractivity contribution in [3.8, 4) is 22.6 Å². The van der Waals surface area contributed by atoms with Gasteiger partial charge in [0.2, 0.25) is 23.5 Å². The van der Waals surface area contributed by atoms with E-state index in [1.165, 1.54) is 29.5 Å². The zero-order valence-corrected chi connectivity index (χ0v) is 33.2. The normalized spacial score (nSPS) is 20.5. The Morgan fingerprint density at radius 3 is 2.54 bits per heavy atom. The number of halogens is 3. The van der Waals surface area contributed by atoms with Crippen molar-refractivity contribution in [2.45, 2.75) is 62.2 Å². The van der Waals surface area contributed by atoms with Crippen LogP contribution in [0.15, 0.2) is 76.6 Å². The van der Waals surface area contributed by atoms with Gasteiger partial charge in [-0.05, 0) is 62.4 Å². The summed E-state index contributed by atoms with van der Waals surface area (Å²) in [5.41, 5.74) is 8.28. The van der Waals surface area contributed by atoms with E-state index in [2.05, 4.69) is 30.6 Å². The number of anilines is 1. The average molecular weight is 857 g/mol. The maximum atomic E-state index is 13.5. The molecule has 19 heteroatoms. The highest BCUT2D eigenvalue weighted by atomic mass is 32.1. The molecule has 3 unspecified atom stereocenters. The molecule has 2 fully saturated rings. The lowest BCUT2D eigenvalue weighted by molar-refractivity contribution is -0.159. The second-order valence-corrected chi connectivity index (χ2v) is 15.9. The average Bonchev–Trinajstić information content (AvgIpc) is 4.00. The number of imide groups is 2. The molecule has 0 spiro atoms. The minimum atomic E-state index is -4.87. The van der Waals surface area contributed by atoms with Gasteiger partial charge in [-0.15, -0.1) is 11.3 Å². The fourth-order valence-corrected chi connectivity index (χ4v) is 9.38. The molecule has 8 rings (SSSR count). The maximum Gasteiger partial charge on any atom is 0.471 e. The van der Waals surface area contributed by atoms with Crippen LogP contribution < -0.4 is 21.7 Å². The van der Waals surface area contributed by atoms with Crippen molar-refractivity contribution < 1.29 is 46.4 Å². The van der Waals surface area contributed by atoms with E-state index in [-0.39, 0.29) is 60.0 Å². The lowest BCUT2D eigenvalue weighted by atomic mass is 9.70. The predicted octanol–water partition coefficient (Wildman–Crippen LogP) is 5.13. The number of nitrogens with zero attached hydrogens (tertiary/aromatic N) is 4. The summed E-state index contributed by atoms with van der Waals surface area (Å²) >= 11 is 1.47. The van der Waals surface area contributed by atoms with Gasteiger partial charge in [0.1, 0.15) is 6.04 Å². The molecule has 3 aromatic carbocycles. The smallest absolute Gasteiger partial charge is 0.382 e. The van der Waals surface area contributed by atoms with Gasteiger partial charge in [0.15, 0.2) is 0 Å². The summed E-state index contributed by atoms with van der Waals surface area (Å²) in [6.07, 6.45) is -2.94. The SMILES string of the molecule is NC(=O)c1cccc(-c2noc(C(F)(F)F)n2)c1CC1(c2nc(-c3ccccc3)cs2)CCNC(CCOCCNc2cccc3c2C(=O)N(C2CCC(=O)NC2=O)C3=O)C1. The van der Waals surface area contributed by atoms with Crippen LogP contribution in [0.25, 0.3) is 22.6 Å². The molecule has 3 atom stereocenters. The van der Waals surface area contributed by atoms with Crippen LogP contribution in [0, 0.1) is 0 Å². The first kappa shape index (κ1) is 41.4. The Balaban J connectivity index is 0.974. The van der Waals surface area contributed by atoms with Crippen molar-refractivity contribution in [3.63, 3.8) is 0 Å². The first-order chi connectivity index (χ1) is 29.3. The summed E-state index contributed by atoms with van der Waals surface area (Å²) < 4.78 is 51.2. The Labute approximate surface area is 350 Å². The van der Waals surface area contributed by atoms with Crippen LogP contribution in [0.1, 0.15) is 79.6 Å². The molecular formula is C42H39F3N8O7S. The van der Waals surface area contributed by atoms with Crippen molar-refractivity contribution in [2.75, 3.05) is 31.6 Å². The lowest BCUT2D eigenvalue weighted by Crippen LogP contribution is -2.54. The Morgan fingerprint density at radius 2 is 1.79 bits per heavy atom. The molecule has 15 nitrogen and oxygen atoms in total. The van der Waals surface area contributed by atoms with Crippen LogP contribution in [0.4, 0.5) is 18.9 Å². The molecule has 3 aliphatic rings. The Morgan fingerprint density at radius 1 is 1.00 bits per heavy atom. The first-order valence-electron chi connectivity index (χ1n) is 19.6. The van der Waals surface area contributed by atoms with Crippen LogP contribution in [0.3, 0.4) is 0 Å². The van der Waals surface area contributed by atoms with Gasteiger partial charge in [-0.2, -0.15) is 18.2 Å². The lowest BCUT2D eigenvalue weighted by Gasteiger charge is -2.41. The summed E-state index contributed by atoms with van der Waals surface area (Å²) in [5.74, 6) is -4.94. The van der Waals surface area contributed by atoms with Crippen LogP contribution in [0.2, 0.25) is 0 Å². The highest BCUT2D eigenvalue weighted by molar-refractivity contribution is 7.10. The van der Waals surface area contributed by atoms with Crippen molar-refractivity contribution >= 4 is 46.6 Å². The van der Waals surface area contributed by atoms with Gasteiger partial charge in [0, 0.05) is 58.8 Å². The fraction of sp³-hybridized carbons (Fsp3) is 0.333. The summed E-state index contributed by atoms with van der Waals surface area (Å²) in [7, 11) is 0. The van der Waals surface area contributed by atoms with Gasteiger partial charge in [0.05, 0.1) is 28.4 Å². The molecular weight excluding hydrogens is 818 g/mol. The molecule has 5 heterocycles. The van der Waals surface area contributed by atoms with Crippen LogP contribution in [-0.4, -0.2) is 87.9 Å². The van der Waals surface area contributed by atoms with Gasteiger partial charge in [-0.1, -0.05) is 53.7 Å². The molecule has 2 saturated heterocycles. The monoisotopic (exact) mass is 856 g/mol. The molecule has 0 saturated carbocycles. The van der Waals surface area contributed by atoms with Crippen LogP contribution in [-0.2, 0) is 32.3 Å². The van der Waals surface area contributed by atoms with E-state index in [0.29, 0.717) is 50.2 Å².